The molecule has 1 saturated heterocycles. The third-order valence-corrected chi connectivity index (χ3v) is 11.2. The van der Waals surface area contributed by atoms with E-state index < -0.39 is 8.32 Å². The van der Waals surface area contributed by atoms with E-state index in [2.05, 4.69) is 56.0 Å². The van der Waals surface area contributed by atoms with Crippen molar-refractivity contribution in [2.45, 2.75) is 71.3 Å². The Bertz CT molecular complexity index is 849. The van der Waals surface area contributed by atoms with Gasteiger partial charge in [-0.05, 0) is 50.0 Å². The van der Waals surface area contributed by atoms with Gasteiger partial charge in [0.15, 0.2) is 8.32 Å². The number of nitrogens with zero attached hydrogens (tertiary/aromatic N) is 3. The van der Waals surface area contributed by atoms with E-state index in [0.717, 1.165) is 60.4 Å². The second kappa shape index (κ2) is 8.28. The van der Waals surface area contributed by atoms with Crippen molar-refractivity contribution in [3.05, 3.63) is 17.8 Å². The molecule has 0 aliphatic carbocycles. The van der Waals surface area contributed by atoms with Crippen LogP contribution in [-0.2, 0) is 15.7 Å². The fourth-order valence-electron chi connectivity index (χ4n) is 3.82. The Morgan fingerprint density at radius 2 is 1.86 bits per heavy atom. The van der Waals surface area contributed by atoms with Crippen molar-refractivity contribution < 1.29 is 9.16 Å². The first-order valence-corrected chi connectivity index (χ1v) is 13.6. The molecule has 2 aromatic rings. The number of methoxy groups -OCH3 is 1. The highest BCUT2D eigenvalue weighted by Gasteiger charge is 2.39. The summed E-state index contributed by atoms with van der Waals surface area (Å²) in [6, 6.07) is 4.28. The van der Waals surface area contributed by atoms with Crippen molar-refractivity contribution in [1.29, 1.82) is 0 Å². The first-order chi connectivity index (χ1) is 13.5. The fourth-order valence-corrected chi connectivity index (χ4v) is 5.24. The molecule has 162 valence electrons. The van der Waals surface area contributed by atoms with Gasteiger partial charge in [-0.2, -0.15) is 5.10 Å². The van der Waals surface area contributed by atoms with Crippen molar-refractivity contribution in [2.75, 3.05) is 37.4 Å². The van der Waals surface area contributed by atoms with Crippen molar-refractivity contribution in [3.63, 3.8) is 0 Å². The largest absolute Gasteiger partial charge is 0.414 e. The van der Waals surface area contributed by atoms with Crippen molar-refractivity contribution >= 4 is 30.6 Å². The standard InChI is InChI=1S/C22H38N4O2Si/c1-16-18-14-19(23)21(15-20(18)26(24-16)12-13-27-5)25-10-8-17(9-11-25)28-29(6,7)22(2,3)4/h14-15,17H,8-13,23H2,1-7H3. The number of nitrogens with two attached hydrogens (primary N) is 1. The van der Waals surface area contributed by atoms with Crippen LogP contribution in [0.2, 0.25) is 18.1 Å². The summed E-state index contributed by atoms with van der Waals surface area (Å²) in [6.07, 6.45) is 2.45. The topological polar surface area (TPSA) is 65.5 Å². The smallest absolute Gasteiger partial charge is 0.192 e. The molecule has 1 aromatic carbocycles. The minimum atomic E-state index is -1.72. The van der Waals surface area contributed by atoms with Gasteiger partial charge in [-0.1, -0.05) is 20.8 Å². The summed E-state index contributed by atoms with van der Waals surface area (Å²) in [5, 5.41) is 6.05. The van der Waals surface area contributed by atoms with Gasteiger partial charge >= 0.3 is 0 Å². The fraction of sp³-hybridized carbons (Fsp3) is 0.682. The molecule has 1 aromatic heterocycles. The molecule has 1 fully saturated rings. The third kappa shape index (κ3) is 4.62. The molecular formula is C22H38N4O2Si. The maximum atomic E-state index is 6.65. The van der Waals surface area contributed by atoms with Gasteiger partial charge in [-0.15, -0.1) is 0 Å². The summed E-state index contributed by atoms with van der Waals surface area (Å²) in [7, 11) is -0.00477. The van der Waals surface area contributed by atoms with Crippen LogP contribution >= 0.6 is 0 Å². The summed E-state index contributed by atoms with van der Waals surface area (Å²) in [4.78, 5) is 2.41. The molecular weight excluding hydrogens is 380 g/mol. The molecule has 6 nitrogen and oxygen atoms in total. The molecule has 0 unspecified atom stereocenters. The van der Waals surface area contributed by atoms with Crippen molar-refractivity contribution in [2.24, 2.45) is 0 Å². The summed E-state index contributed by atoms with van der Waals surface area (Å²) in [5.41, 5.74) is 10.5. The van der Waals surface area contributed by atoms with Gasteiger partial charge in [0.05, 0.1) is 35.7 Å². The zero-order chi connectivity index (χ0) is 21.4. The molecule has 3 rings (SSSR count). The highest BCUT2D eigenvalue weighted by Crippen LogP contribution is 2.39. The van der Waals surface area contributed by atoms with Gasteiger partial charge in [-0.25, -0.2) is 0 Å². The first kappa shape index (κ1) is 22.1. The average molecular weight is 419 g/mol. The highest BCUT2D eigenvalue weighted by atomic mass is 28.4. The summed E-state index contributed by atoms with van der Waals surface area (Å²) in [5.74, 6) is 0. The maximum absolute atomic E-state index is 6.65. The Balaban J connectivity index is 1.76. The van der Waals surface area contributed by atoms with E-state index in [-0.39, 0.29) is 5.04 Å². The third-order valence-electron chi connectivity index (χ3n) is 6.64. The lowest BCUT2D eigenvalue weighted by molar-refractivity contribution is 0.152. The van der Waals surface area contributed by atoms with Gasteiger partial charge in [0.25, 0.3) is 0 Å². The Morgan fingerprint density at radius 3 is 2.45 bits per heavy atom. The second-order valence-electron chi connectivity index (χ2n) is 9.79. The SMILES string of the molecule is COCCn1nc(C)c2cc(N)c(N3CCC(O[Si](C)(C)C(C)(C)C)CC3)cc21. The minimum Gasteiger partial charge on any atom is -0.414 e. The van der Waals surface area contributed by atoms with Crippen molar-refractivity contribution in [3.8, 4) is 0 Å². The Labute approximate surface area is 176 Å². The Hall–Kier alpha value is -1.57. The van der Waals surface area contributed by atoms with Crippen LogP contribution in [0.3, 0.4) is 0 Å². The van der Waals surface area contributed by atoms with Crippen LogP contribution < -0.4 is 10.6 Å². The van der Waals surface area contributed by atoms with E-state index in [9.17, 15) is 0 Å². The van der Waals surface area contributed by atoms with E-state index >= 15 is 0 Å². The van der Waals surface area contributed by atoms with Gasteiger partial charge in [-0.3, -0.25) is 4.68 Å². The number of benzene rings is 1. The quantitative estimate of drug-likeness (QED) is 0.550. The number of rotatable bonds is 6. The average Bonchev–Trinajstić information content (AvgIpc) is 2.94. The summed E-state index contributed by atoms with van der Waals surface area (Å²) in [6.45, 7) is 17.0. The Kier molecular flexibility index (Phi) is 6.32. The number of ether oxygens (including phenoxy) is 1. The Morgan fingerprint density at radius 1 is 1.21 bits per heavy atom. The van der Waals surface area contributed by atoms with Crippen LogP contribution in [0.25, 0.3) is 10.9 Å². The molecule has 0 spiro atoms. The van der Waals surface area contributed by atoms with Crippen LogP contribution in [0.4, 0.5) is 11.4 Å². The predicted molar refractivity (Wildman–Crippen MR) is 124 cm³/mol. The van der Waals surface area contributed by atoms with Crippen LogP contribution in [0.5, 0.6) is 0 Å². The lowest BCUT2D eigenvalue weighted by Gasteiger charge is -2.42. The number of aromatic nitrogens is 2. The van der Waals surface area contributed by atoms with Gasteiger partial charge < -0.3 is 19.8 Å². The molecule has 7 heteroatoms. The molecule has 0 atom stereocenters. The normalized spacial score (nSPS) is 16.7. The van der Waals surface area contributed by atoms with E-state index in [1.165, 1.54) is 0 Å². The summed E-state index contributed by atoms with van der Waals surface area (Å²) >= 11 is 0. The molecule has 0 amide bonds. The molecule has 0 radical (unpaired) electrons. The predicted octanol–water partition coefficient (Wildman–Crippen LogP) is 4.56. The number of nitrogen functional groups attached to an aromatic ring is 1. The number of hydrogen-bond acceptors (Lipinski definition) is 5. The lowest BCUT2D eigenvalue weighted by Crippen LogP contribution is -2.47. The maximum Gasteiger partial charge on any atom is 0.192 e. The van der Waals surface area contributed by atoms with Gasteiger partial charge in [0, 0.05) is 31.7 Å². The number of anilines is 2. The van der Waals surface area contributed by atoms with E-state index in [0.29, 0.717) is 12.7 Å². The van der Waals surface area contributed by atoms with Gasteiger partial charge in [0.2, 0.25) is 0 Å². The number of aryl methyl sites for hydroxylation is 1. The molecule has 1 aliphatic heterocycles. The number of fused-ring (bicyclic) bond motifs is 1. The van der Waals surface area contributed by atoms with E-state index in [1.54, 1.807) is 7.11 Å². The molecule has 1 aliphatic rings. The molecule has 2 N–H and O–H groups in total. The molecule has 2 heterocycles. The monoisotopic (exact) mass is 418 g/mol. The first-order valence-electron chi connectivity index (χ1n) is 10.7. The lowest BCUT2D eigenvalue weighted by atomic mass is 10.1. The van der Waals surface area contributed by atoms with Gasteiger partial charge in [0.1, 0.15) is 0 Å². The second-order valence-corrected chi connectivity index (χ2v) is 14.6. The molecule has 0 bridgehead atoms. The van der Waals surface area contributed by atoms with Crippen molar-refractivity contribution in [1.82, 2.24) is 9.78 Å². The number of piperidine rings is 1. The molecule has 0 saturated carbocycles. The van der Waals surface area contributed by atoms with E-state index in [1.807, 2.05) is 11.6 Å². The van der Waals surface area contributed by atoms with Crippen LogP contribution in [0.1, 0.15) is 39.3 Å². The van der Waals surface area contributed by atoms with E-state index in [4.69, 9.17) is 14.9 Å². The zero-order valence-electron chi connectivity index (χ0n) is 19.2. The minimum absolute atomic E-state index is 0.248. The number of hydrogen-bond donors (Lipinski definition) is 1. The highest BCUT2D eigenvalue weighted by molar-refractivity contribution is 6.74. The van der Waals surface area contributed by atoms with Crippen LogP contribution in [0, 0.1) is 6.92 Å². The zero-order valence-corrected chi connectivity index (χ0v) is 20.2. The van der Waals surface area contributed by atoms with Crippen LogP contribution in [0.15, 0.2) is 12.1 Å². The van der Waals surface area contributed by atoms with Crippen LogP contribution in [-0.4, -0.2) is 51.0 Å². The summed E-state index contributed by atoms with van der Waals surface area (Å²) < 4.78 is 13.9. The molecule has 29 heavy (non-hydrogen) atoms.